The Kier molecular flexibility index (Phi) is 2.98. The van der Waals surface area contributed by atoms with Crippen molar-refractivity contribution >= 4 is 5.78 Å². The summed E-state index contributed by atoms with van der Waals surface area (Å²) in [6.07, 6.45) is -3.22. The second-order valence-corrected chi connectivity index (χ2v) is 3.85. The van der Waals surface area contributed by atoms with Crippen molar-refractivity contribution in [2.24, 2.45) is 0 Å². The van der Waals surface area contributed by atoms with E-state index in [1.807, 2.05) is 0 Å². The van der Waals surface area contributed by atoms with Gasteiger partial charge in [-0.3, -0.25) is 4.79 Å². The summed E-state index contributed by atoms with van der Waals surface area (Å²) in [7, 11) is 0. The maximum atomic E-state index is 12.5. The molecule has 1 aromatic heterocycles. The van der Waals surface area contributed by atoms with E-state index in [9.17, 15) is 18.0 Å². The molecule has 0 radical (unpaired) electrons. The highest BCUT2D eigenvalue weighted by Gasteiger charge is 2.31. The highest BCUT2D eigenvalue weighted by molar-refractivity contribution is 6.08. The molecule has 0 spiro atoms. The summed E-state index contributed by atoms with van der Waals surface area (Å²) >= 11 is 0. The number of halogens is 3. The SMILES string of the molecule is Cc1cc(C(=O)c2cccc(C(F)(F)F)c2)co1. The molecule has 94 valence electrons. The summed E-state index contributed by atoms with van der Waals surface area (Å²) in [5.41, 5.74) is -0.606. The third kappa shape index (κ3) is 2.45. The van der Waals surface area contributed by atoms with Crippen LogP contribution in [0.5, 0.6) is 0 Å². The number of hydrogen-bond donors (Lipinski definition) is 0. The second kappa shape index (κ2) is 4.33. The summed E-state index contributed by atoms with van der Waals surface area (Å²) in [4.78, 5) is 11.9. The fraction of sp³-hybridized carbons (Fsp3) is 0.154. The molecule has 1 aromatic carbocycles. The molecule has 18 heavy (non-hydrogen) atoms. The molecule has 0 saturated carbocycles. The first-order chi connectivity index (χ1) is 8.38. The number of benzene rings is 1. The molecule has 2 nitrogen and oxygen atoms in total. The average Bonchev–Trinajstić information content (AvgIpc) is 2.74. The minimum Gasteiger partial charge on any atom is -0.469 e. The van der Waals surface area contributed by atoms with Gasteiger partial charge in [0.2, 0.25) is 0 Å². The number of carbonyl (C=O) groups is 1. The van der Waals surface area contributed by atoms with Gasteiger partial charge in [0.05, 0.1) is 11.1 Å². The van der Waals surface area contributed by atoms with Crippen molar-refractivity contribution in [3.05, 3.63) is 59.0 Å². The van der Waals surface area contributed by atoms with Crippen LogP contribution in [0.15, 0.2) is 41.0 Å². The van der Waals surface area contributed by atoms with Crippen molar-refractivity contribution in [3.63, 3.8) is 0 Å². The largest absolute Gasteiger partial charge is 0.469 e. The van der Waals surface area contributed by atoms with Crippen molar-refractivity contribution in [1.29, 1.82) is 0 Å². The number of furan rings is 1. The fourth-order valence-electron chi connectivity index (χ4n) is 1.57. The number of ketones is 1. The van der Waals surface area contributed by atoms with E-state index in [2.05, 4.69) is 0 Å². The molecule has 0 fully saturated rings. The average molecular weight is 254 g/mol. The Morgan fingerprint density at radius 2 is 1.89 bits per heavy atom. The van der Waals surface area contributed by atoms with E-state index in [0.717, 1.165) is 12.1 Å². The van der Waals surface area contributed by atoms with Crippen LogP contribution in [0.3, 0.4) is 0 Å². The van der Waals surface area contributed by atoms with Crippen molar-refractivity contribution in [1.82, 2.24) is 0 Å². The summed E-state index contributed by atoms with van der Waals surface area (Å²) in [5, 5.41) is 0. The molecule has 0 amide bonds. The summed E-state index contributed by atoms with van der Waals surface area (Å²) in [6, 6.07) is 5.81. The predicted molar refractivity (Wildman–Crippen MR) is 58.3 cm³/mol. The molecular weight excluding hydrogens is 245 g/mol. The summed E-state index contributed by atoms with van der Waals surface area (Å²) in [6.45, 7) is 1.66. The Labute approximate surface area is 101 Å². The lowest BCUT2D eigenvalue weighted by Crippen LogP contribution is -2.07. The Morgan fingerprint density at radius 1 is 1.17 bits per heavy atom. The molecule has 1 heterocycles. The van der Waals surface area contributed by atoms with Crippen molar-refractivity contribution in [3.8, 4) is 0 Å². The van der Waals surface area contributed by atoms with Crippen LogP contribution in [0.1, 0.15) is 27.2 Å². The van der Waals surface area contributed by atoms with Crippen molar-refractivity contribution in [2.45, 2.75) is 13.1 Å². The van der Waals surface area contributed by atoms with Crippen LogP contribution in [0.25, 0.3) is 0 Å². The molecule has 2 aromatic rings. The number of carbonyl (C=O) groups excluding carboxylic acids is 1. The minimum absolute atomic E-state index is 0.00868. The molecule has 0 aliphatic rings. The molecule has 0 aliphatic heterocycles. The first-order valence-electron chi connectivity index (χ1n) is 5.15. The van der Waals surface area contributed by atoms with Gasteiger partial charge < -0.3 is 4.42 Å². The zero-order chi connectivity index (χ0) is 13.3. The van der Waals surface area contributed by atoms with Gasteiger partial charge in [0.15, 0.2) is 5.78 Å². The Bertz CT molecular complexity index is 582. The van der Waals surface area contributed by atoms with Gasteiger partial charge >= 0.3 is 6.18 Å². The Balaban J connectivity index is 2.37. The number of hydrogen-bond acceptors (Lipinski definition) is 2. The zero-order valence-electron chi connectivity index (χ0n) is 9.41. The number of aryl methyl sites for hydroxylation is 1. The molecule has 5 heteroatoms. The molecule has 2 rings (SSSR count). The third-order valence-corrected chi connectivity index (χ3v) is 2.44. The molecule has 0 saturated heterocycles. The van der Waals surface area contributed by atoms with E-state index < -0.39 is 17.5 Å². The Morgan fingerprint density at radius 3 is 2.44 bits per heavy atom. The van der Waals surface area contributed by atoms with Gasteiger partial charge in [0.1, 0.15) is 12.0 Å². The van der Waals surface area contributed by atoms with Gasteiger partial charge in [-0.2, -0.15) is 13.2 Å². The maximum absolute atomic E-state index is 12.5. The first kappa shape index (κ1) is 12.4. The molecule has 0 N–H and O–H groups in total. The van der Waals surface area contributed by atoms with Crippen LogP contribution in [0.4, 0.5) is 13.2 Å². The minimum atomic E-state index is -4.46. The van der Waals surface area contributed by atoms with E-state index >= 15 is 0 Å². The van der Waals surface area contributed by atoms with Gasteiger partial charge in [-0.05, 0) is 25.1 Å². The zero-order valence-corrected chi connectivity index (χ0v) is 9.41. The predicted octanol–water partition coefficient (Wildman–Crippen LogP) is 3.84. The van der Waals surface area contributed by atoms with Crippen LogP contribution < -0.4 is 0 Å². The summed E-state index contributed by atoms with van der Waals surface area (Å²) in [5.74, 6) is 0.0447. The van der Waals surface area contributed by atoms with Crippen molar-refractivity contribution < 1.29 is 22.4 Å². The third-order valence-electron chi connectivity index (χ3n) is 2.44. The van der Waals surface area contributed by atoms with Crippen LogP contribution >= 0.6 is 0 Å². The van der Waals surface area contributed by atoms with E-state index in [0.29, 0.717) is 5.76 Å². The highest BCUT2D eigenvalue weighted by atomic mass is 19.4. The van der Waals surface area contributed by atoms with Gasteiger partial charge in [-0.15, -0.1) is 0 Å². The van der Waals surface area contributed by atoms with Crippen LogP contribution in [-0.4, -0.2) is 5.78 Å². The smallest absolute Gasteiger partial charge is 0.416 e. The topological polar surface area (TPSA) is 30.2 Å². The second-order valence-electron chi connectivity index (χ2n) is 3.85. The van der Waals surface area contributed by atoms with Crippen LogP contribution in [0.2, 0.25) is 0 Å². The standard InChI is InChI=1S/C13H9F3O2/c1-8-5-10(7-18-8)12(17)9-3-2-4-11(6-9)13(14,15)16/h2-7H,1H3. The molecule has 0 bridgehead atoms. The Hall–Kier alpha value is -2.04. The van der Waals surface area contributed by atoms with E-state index in [-0.39, 0.29) is 11.1 Å². The molecule has 0 atom stereocenters. The lowest BCUT2D eigenvalue weighted by atomic mass is 10.0. The number of alkyl halides is 3. The molecular formula is C13H9F3O2. The highest BCUT2D eigenvalue weighted by Crippen LogP contribution is 2.30. The van der Waals surface area contributed by atoms with Crippen LogP contribution in [-0.2, 0) is 6.18 Å². The maximum Gasteiger partial charge on any atom is 0.416 e. The fourth-order valence-corrected chi connectivity index (χ4v) is 1.57. The molecule has 0 aliphatic carbocycles. The van der Waals surface area contributed by atoms with E-state index in [1.54, 1.807) is 6.92 Å². The lowest BCUT2D eigenvalue weighted by Gasteiger charge is -2.07. The van der Waals surface area contributed by atoms with Crippen LogP contribution in [0, 0.1) is 6.92 Å². The van der Waals surface area contributed by atoms with Crippen molar-refractivity contribution in [2.75, 3.05) is 0 Å². The quantitative estimate of drug-likeness (QED) is 0.762. The summed E-state index contributed by atoms with van der Waals surface area (Å²) < 4.78 is 42.5. The van der Waals surface area contributed by atoms with Gasteiger partial charge in [0.25, 0.3) is 0 Å². The first-order valence-corrected chi connectivity index (χ1v) is 5.15. The van der Waals surface area contributed by atoms with Gasteiger partial charge in [0, 0.05) is 5.56 Å². The monoisotopic (exact) mass is 254 g/mol. The van der Waals surface area contributed by atoms with E-state index in [1.165, 1.54) is 24.5 Å². The normalized spacial score (nSPS) is 11.6. The van der Waals surface area contributed by atoms with Gasteiger partial charge in [-0.1, -0.05) is 12.1 Å². The van der Waals surface area contributed by atoms with Gasteiger partial charge in [-0.25, -0.2) is 0 Å². The lowest BCUT2D eigenvalue weighted by molar-refractivity contribution is -0.137. The molecule has 0 unspecified atom stereocenters. The number of rotatable bonds is 2. The van der Waals surface area contributed by atoms with E-state index in [4.69, 9.17) is 4.42 Å².